The molecule has 10 heteroatoms. The van der Waals surface area contributed by atoms with Gasteiger partial charge in [-0.25, -0.2) is 9.59 Å². The average molecular weight is 387 g/mol. The molecule has 9 N–H and O–H groups in total. The number of aliphatic carboxylic acids is 1. The van der Waals surface area contributed by atoms with Crippen LogP contribution in [0.25, 0.3) is 0 Å². The monoisotopic (exact) mass is 387 g/mol. The fourth-order valence-corrected chi connectivity index (χ4v) is 2.50. The molecule has 0 radical (unpaired) electrons. The number of carbonyl (C=O) groups excluding carboxylic acids is 3. The van der Waals surface area contributed by atoms with Gasteiger partial charge in [-0.3, -0.25) is 9.59 Å². The van der Waals surface area contributed by atoms with E-state index in [0.29, 0.717) is 0 Å². The number of nitrogens with two attached hydrogens (primary N) is 3. The number of urea groups is 1. The molecule has 0 aliphatic rings. The highest BCUT2D eigenvalue weighted by molar-refractivity contribution is 6.10. The number of ketones is 1. The molecule has 27 heavy (non-hydrogen) atoms. The molecule has 0 aliphatic carbocycles. The molecule has 0 fully saturated rings. The molecule has 3 atom stereocenters. The van der Waals surface area contributed by atoms with E-state index in [-0.39, 0.29) is 37.6 Å². The Balaban J connectivity index is 5.39. The number of amides is 3. The average Bonchev–Trinajstić information content (AvgIpc) is 2.55. The van der Waals surface area contributed by atoms with Crippen molar-refractivity contribution < 1.29 is 24.3 Å². The number of primary amides is 1. The Hall–Kier alpha value is -2.20. The summed E-state index contributed by atoms with van der Waals surface area (Å²) in [5, 5.41) is 14.4. The van der Waals surface area contributed by atoms with Gasteiger partial charge in [0.1, 0.15) is 0 Å². The number of carboxylic acid groups (broad SMARTS) is 1. The van der Waals surface area contributed by atoms with Crippen molar-refractivity contribution in [3.05, 3.63) is 0 Å². The summed E-state index contributed by atoms with van der Waals surface area (Å²) in [4.78, 5) is 47.6. The Kier molecular flexibility index (Phi) is 9.95. The number of nitrogens with one attached hydrogen (secondary N) is 2. The van der Waals surface area contributed by atoms with Gasteiger partial charge >= 0.3 is 12.0 Å². The smallest absolute Gasteiger partial charge is 0.331 e. The van der Waals surface area contributed by atoms with E-state index in [1.165, 1.54) is 0 Å². The van der Waals surface area contributed by atoms with E-state index in [2.05, 4.69) is 10.6 Å². The Morgan fingerprint density at radius 3 is 2.07 bits per heavy atom. The van der Waals surface area contributed by atoms with Gasteiger partial charge in [0.2, 0.25) is 5.91 Å². The van der Waals surface area contributed by atoms with Crippen molar-refractivity contribution in [1.82, 2.24) is 10.6 Å². The molecule has 2 unspecified atom stereocenters. The number of carboxylic acids is 1. The van der Waals surface area contributed by atoms with Crippen LogP contribution < -0.4 is 27.8 Å². The molecule has 0 aromatic heterocycles. The maximum atomic E-state index is 12.9. The molecule has 156 valence electrons. The lowest BCUT2D eigenvalue weighted by Crippen LogP contribution is -2.63. The summed E-state index contributed by atoms with van der Waals surface area (Å²) in [6.07, 6.45) is 0.134. The van der Waals surface area contributed by atoms with E-state index in [0.717, 1.165) is 0 Å². The third-order valence-electron chi connectivity index (χ3n) is 4.23. The molecule has 0 spiro atoms. The first kappa shape index (κ1) is 24.8. The first-order valence-electron chi connectivity index (χ1n) is 8.98. The summed E-state index contributed by atoms with van der Waals surface area (Å²) < 4.78 is 0. The minimum absolute atomic E-state index is 0.00379. The van der Waals surface area contributed by atoms with Crippen molar-refractivity contribution >= 4 is 23.7 Å². The number of hydrogen-bond donors (Lipinski definition) is 6. The molecule has 0 aliphatic heterocycles. The highest BCUT2D eigenvalue weighted by Crippen LogP contribution is 2.18. The fourth-order valence-electron chi connectivity index (χ4n) is 2.50. The maximum absolute atomic E-state index is 12.9. The van der Waals surface area contributed by atoms with E-state index in [1.807, 2.05) is 13.8 Å². The van der Waals surface area contributed by atoms with Crippen LogP contribution in [0.4, 0.5) is 4.79 Å². The van der Waals surface area contributed by atoms with E-state index in [1.54, 1.807) is 13.8 Å². The molecule has 0 aromatic carbocycles. The van der Waals surface area contributed by atoms with Gasteiger partial charge < -0.3 is 32.9 Å². The van der Waals surface area contributed by atoms with Crippen molar-refractivity contribution in [1.29, 1.82) is 0 Å². The standard InChI is InChI=1S/C17H33N5O5/c1-9(2)8-11(22-14(24)12(18)10(3)4)13(23)17(20,15(25)26)6-5-7-21-16(19)27/h9-12H,5-8,18,20H2,1-4H3,(H,22,24)(H,25,26)(H3,19,21,27)/t11?,12?,17-/m0/s1. The minimum Gasteiger partial charge on any atom is -0.480 e. The number of rotatable bonds is 12. The van der Waals surface area contributed by atoms with E-state index in [4.69, 9.17) is 17.2 Å². The van der Waals surface area contributed by atoms with Crippen LogP contribution in [0.2, 0.25) is 0 Å². The van der Waals surface area contributed by atoms with Crippen molar-refractivity contribution in [2.75, 3.05) is 6.54 Å². The normalized spacial score (nSPS) is 15.7. The second-order valence-electron chi connectivity index (χ2n) is 7.50. The molecule has 0 rings (SSSR count). The molecule has 0 saturated carbocycles. The van der Waals surface area contributed by atoms with Gasteiger partial charge in [0.15, 0.2) is 11.3 Å². The van der Waals surface area contributed by atoms with E-state index < -0.39 is 41.3 Å². The van der Waals surface area contributed by atoms with Crippen LogP contribution in [-0.2, 0) is 14.4 Å². The second kappa shape index (κ2) is 10.8. The van der Waals surface area contributed by atoms with Crippen LogP contribution in [0.15, 0.2) is 0 Å². The third kappa shape index (κ3) is 7.92. The second-order valence-corrected chi connectivity index (χ2v) is 7.50. The lowest BCUT2D eigenvalue weighted by molar-refractivity contribution is -0.150. The molecular formula is C17H33N5O5. The Morgan fingerprint density at radius 1 is 1.11 bits per heavy atom. The topological polar surface area (TPSA) is 191 Å². The molecule has 0 aromatic rings. The zero-order valence-electron chi connectivity index (χ0n) is 16.5. The summed E-state index contributed by atoms with van der Waals surface area (Å²) in [5.41, 5.74) is 14.5. The van der Waals surface area contributed by atoms with Crippen LogP contribution >= 0.6 is 0 Å². The summed E-state index contributed by atoms with van der Waals surface area (Å²) in [6.45, 7) is 7.28. The predicted molar refractivity (Wildman–Crippen MR) is 101 cm³/mol. The van der Waals surface area contributed by atoms with E-state index >= 15 is 0 Å². The zero-order valence-corrected chi connectivity index (χ0v) is 16.5. The minimum atomic E-state index is -2.20. The van der Waals surface area contributed by atoms with Gasteiger partial charge in [-0.1, -0.05) is 27.7 Å². The Morgan fingerprint density at radius 2 is 1.67 bits per heavy atom. The lowest BCUT2D eigenvalue weighted by Gasteiger charge is -2.30. The van der Waals surface area contributed by atoms with Crippen molar-refractivity contribution in [3.8, 4) is 0 Å². The third-order valence-corrected chi connectivity index (χ3v) is 4.23. The first-order valence-corrected chi connectivity index (χ1v) is 8.98. The molecule has 10 nitrogen and oxygen atoms in total. The molecule has 0 saturated heterocycles. The van der Waals surface area contributed by atoms with Gasteiger partial charge in [0.05, 0.1) is 12.1 Å². The molecule has 3 amide bonds. The number of Topliss-reactive ketones (excluding diaryl/α,β-unsaturated/α-hetero) is 1. The molecule has 0 heterocycles. The quantitative estimate of drug-likeness (QED) is 0.188. The lowest BCUT2D eigenvalue weighted by atomic mass is 9.83. The van der Waals surface area contributed by atoms with Gasteiger partial charge in [-0.15, -0.1) is 0 Å². The van der Waals surface area contributed by atoms with Gasteiger partial charge in [0.25, 0.3) is 0 Å². The first-order chi connectivity index (χ1) is 12.3. The highest BCUT2D eigenvalue weighted by Gasteiger charge is 2.45. The summed E-state index contributed by atoms with van der Waals surface area (Å²) >= 11 is 0. The number of carbonyl (C=O) groups is 4. The predicted octanol–water partition coefficient (Wildman–Crippen LogP) is -0.700. The van der Waals surface area contributed by atoms with Crippen molar-refractivity contribution in [3.63, 3.8) is 0 Å². The molecular weight excluding hydrogens is 354 g/mol. The van der Waals surface area contributed by atoms with Gasteiger partial charge in [0, 0.05) is 6.54 Å². The van der Waals surface area contributed by atoms with Crippen LogP contribution in [-0.4, -0.2) is 53.0 Å². The van der Waals surface area contributed by atoms with Crippen molar-refractivity contribution in [2.24, 2.45) is 29.0 Å². The summed E-state index contributed by atoms with van der Waals surface area (Å²) in [6, 6.07) is -2.66. The van der Waals surface area contributed by atoms with Gasteiger partial charge in [-0.2, -0.15) is 0 Å². The largest absolute Gasteiger partial charge is 0.480 e. The van der Waals surface area contributed by atoms with Gasteiger partial charge in [-0.05, 0) is 31.1 Å². The van der Waals surface area contributed by atoms with E-state index in [9.17, 15) is 24.3 Å². The summed E-state index contributed by atoms with van der Waals surface area (Å²) in [5.74, 6) is -2.98. The zero-order chi connectivity index (χ0) is 21.4. The Labute approximate surface area is 159 Å². The highest BCUT2D eigenvalue weighted by atomic mass is 16.4. The van der Waals surface area contributed by atoms with Crippen LogP contribution in [0.3, 0.4) is 0 Å². The van der Waals surface area contributed by atoms with Crippen LogP contribution in [0.5, 0.6) is 0 Å². The van der Waals surface area contributed by atoms with Crippen LogP contribution in [0, 0.1) is 11.8 Å². The fraction of sp³-hybridized carbons (Fsp3) is 0.765. The maximum Gasteiger partial charge on any atom is 0.331 e. The Bertz CT molecular complexity index is 552. The number of hydrogen-bond acceptors (Lipinski definition) is 6. The van der Waals surface area contributed by atoms with Crippen LogP contribution in [0.1, 0.15) is 47.0 Å². The van der Waals surface area contributed by atoms with Crippen molar-refractivity contribution in [2.45, 2.75) is 64.6 Å². The molecule has 0 bridgehead atoms. The SMILES string of the molecule is CC(C)CC(NC(=O)C(N)C(C)C)C(=O)[C@@](N)(CCCNC(N)=O)C(=O)O. The summed E-state index contributed by atoms with van der Waals surface area (Å²) in [7, 11) is 0.